The number of aromatic nitrogens is 5. The van der Waals surface area contributed by atoms with Gasteiger partial charge in [-0.1, -0.05) is 23.9 Å². The van der Waals surface area contributed by atoms with Gasteiger partial charge in [0.1, 0.15) is 12.2 Å². The zero-order valence-corrected chi connectivity index (χ0v) is 15.2. The Morgan fingerprint density at radius 1 is 1.32 bits per heavy atom. The van der Waals surface area contributed by atoms with E-state index in [-0.39, 0.29) is 18.2 Å². The molecule has 2 fully saturated rings. The molecule has 2 aromatic heterocycles. The molecule has 2 aromatic rings. The van der Waals surface area contributed by atoms with Crippen LogP contribution in [0.3, 0.4) is 0 Å². The summed E-state index contributed by atoms with van der Waals surface area (Å²) in [5.74, 6) is 0.486. The highest BCUT2D eigenvalue weighted by atomic mass is 32.2. The second-order valence-corrected chi connectivity index (χ2v) is 7.94. The van der Waals surface area contributed by atoms with E-state index in [4.69, 9.17) is 15.2 Å². The monoisotopic (exact) mass is 366 g/mol. The standard InChI is InChI=1S/C15H22N6O3S/c1-4-5-25-14-17-12(16)9-13(18-14)21(20-19-9)7-6-8(22)11-10(7)23-15(2,3)24-11/h7-8,10-11,22H,4-6H2,1-3H3,(H2,16,17,18)/t7-,8+,10+,11?/m1/s1. The molecule has 0 aromatic carbocycles. The minimum absolute atomic E-state index is 0.217. The predicted octanol–water partition coefficient (Wildman–Crippen LogP) is 1.13. The Morgan fingerprint density at radius 2 is 2.08 bits per heavy atom. The molecule has 3 N–H and O–H groups in total. The van der Waals surface area contributed by atoms with Crippen LogP contribution in [0.15, 0.2) is 5.16 Å². The van der Waals surface area contributed by atoms with Gasteiger partial charge in [0.15, 0.2) is 27.9 Å². The quantitative estimate of drug-likeness (QED) is 0.605. The molecule has 0 amide bonds. The highest BCUT2D eigenvalue weighted by Gasteiger charge is 2.55. The molecule has 136 valence electrons. The Morgan fingerprint density at radius 3 is 2.84 bits per heavy atom. The van der Waals surface area contributed by atoms with E-state index < -0.39 is 11.9 Å². The van der Waals surface area contributed by atoms with Crippen LogP contribution in [-0.4, -0.2) is 59.9 Å². The Kier molecular flexibility index (Phi) is 4.10. The minimum atomic E-state index is -0.735. The molecule has 1 unspecified atom stereocenters. The van der Waals surface area contributed by atoms with Gasteiger partial charge in [0, 0.05) is 12.2 Å². The fourth-order valence-corrected chi connectivity index (χ4v) is 4.18. The first-order valence-electron chi connectivity index (χ1n) is 8.44. The van der Waals surface area contributed by atoms with Crippen molar-refractivity contribution in [3.05, 3.63) is 0 Å². The number of hydrogen-bond donors (Lipinski definition) is 2. The molecular weight excluding hydrogens is 344 g/mol. The van der Waals surface area contributed by atoms with Crippen molar-refractivity contribution < 1.29 is 14.6 Å². The average molecular weight is 366 g/mol. The Labute approximate surface area is 149 Å². The van der Waals surface area contributed by atoms with Gasteiger partial charge >= 0.3 is 0 Å². The summed E-state index contributed by atoms with van der Waals surface area (Å²) in [7, 11) is 0. The molecule has 2 aliphatic rings. The van der Waals surface area contributed by atoms with Crippen molar-refractivity contribution >= 4 is 28.7 Å². The number of thioether (sulfide) groups is 1. The molecule has 4 rings (SSSR count). The number of anilines is 1. The first-order valence-corrected chi connectivity index (χ1v) is 9.43. The first kappa shape index (κ1) is 17.0. The maximum absolute atomic E-state index is 10.4. The normalized spacial score (nSPS) is 30.9. The summed E-state index contributed by atoms with van der Waals surface area (Å²) in [4.78, 5) is 8.88. The summed E-state index contributed by atoms with van der Waals surface area (Å²) in [5, 5.41) is 19.3. The number of rotatable bonds is 4. The number of aliphatic hydroxyl groups is 1. The van der Waals surface area contributed by atoms with Gasteiger partial charge in [0.25, 0.3) is 0 Å². The number of nitrogen functional groups attached to an aromatic ring is 1. The van der Waals surface area contributed by atoms with E-state index in [1.807, 2.05) is 13.8 Å². The number of ether oxygens (including phenoxy) is 2. The molecule has 10 heteroatoms. The molecule has 1 saturated carbocycles. The highest BCUT2D eigenvalue weighted by Crippen LogP contribution is 2.44. The molecule has 1 aliphatic carbocycles. The lowest BCUT2D eigenvalue weighted by atomic mass is 10.2. The third kappa shape index (κ3) is 2.86. The molecule has 4 atom stereocenters. The molecule has 1 saturated heterocycles. The summed E-state index contributed by atoms with van der Waals surface area (Å²) in [5.41, 5.74) is 7.07. The molecule has 3 heterocycles. The number of hydrogen-bond acceptors (Lipinski definition) is 9. The maximum Gasteiger partial charge on any atom is 0.191 e. The second-order valence-electron chi connectivity index (χ2n) is 6.88. The molecule has 25 heavy (non-hydrogen) atoms. The predicted molar refractivity (Wildman–Crippen MR) is 92.0 cm³/mol. The van der Waals surface area contributed by atoms with Crippen LogP contribution in [-0.2, 0) is 9.47 Å². The lowest BCUT2D eigenvalue weighted by Gasteiger charge is -2.22. The van der Waals surface area contributed by atoms with Gasteiger partial charge in [-0.25, -0.2) is 14.6 Å². The first-order chi connectivity index (χ1) is 11.9. The molecule has 0 bridgehead atoms. The summed E-state index contributed by atoms with van der Waals surface area (Å²) in [6.45, 7) is 5.78. The fourth-order valence-electron chi connectivity index (χ4n) is 3.48. The van der Waals surface area contributed by atoms with E-state index in [9.17, 15) is 5.11 Å². The van der Waals surface area contributed by atoms with E-state index in [0.29, 0.717) is 28.6 Å². The third-order valence-electron chi connectivity index (χ3n) is 4.48. The summed E-state index contributed by atoms with van der Waals surface area (Å²) < 4.78 is 13.5. The summed E-state index contributed by atoms with van der Waals surface area (Å²) in [6, 6.07) is -0.217. The lowest BCUT2D eigenvalue weighted by molar-refractivity contribution is -0.165. The highest BCUT2D eigenvalue weighted by molar-refractivity contribution is 7.99. The van der Waals surface area contributed by atoms with Crippen LogP contribution in [0.4, 0.5) is 5.82 Å². The van der Waals surface area contributed by atoms with Crippen molar-refractivity contribution in [1.29, 1.82) is 0 Å². The molecule has 0 radical (unpaired) electrons. The van der Waals surface area contributed by atoms with Gasteiger partial charge in [0.05, 0.1) is 12.1 Å². The van der Waals surface area contributed by atoms with Crippen molar-refractivity contribution in [2.75, 3.05) is 11.5 Å². The van der Waals surface area contributed by atoms with E-state index in [1.54, 1.807) is 16.4 Å². The van der Waals surface area contributed by atoms with Crippen LogP contribution in [0.5, 0.6) is 0 Å². The average Bonchev–Trinajstić information content (AvgIpc) is 3.18. The Balaban J connectivity index is 1.73. The number of fused-ring (bicyclic) bond motifs is 2. The van der Waals surface area contributed by atoms with Gasteiger partial charge in [-0.2, -0.15) is 0 Å². The van der Waals surface area contributed by atoms with E-state index in [0.717, 1.165) is 12.2 Å². The fraction of sp³-hybridized carbons (Fsp3) is 0.733. The maximum atomic E-state index is 10.4. The molecule has 9 nitrogen and oxygen atoms in total. The van der Waals surface area contributed by atoms with Crippen molar-refractivity contribution in [3.63, 3.8) is 0 Å². The summed E-state index contributed by atoms with van der Waals surface area (Å²) >= 11 is 1.55. The third-order valence-corrected chi connectivity index (χ3v) is 5.54. The van der Waals surface area contributed by atoms with Gasteiger partial charge < -0.3 is 20.3 Å². The van der Waals surface area contributed by atoms with Crippen molar-refractivity contribution in [1.82, 2.24) is 25.0 Å². The topological polar surface area (TPSA) is 121 Å². The van der Waals surface area contributed by atoms with Crippen molar-refractivity contribution in [2.45, 2.75) is 68.9 Å². The number of nitrogens with two attached hydrogens (primary N) is 1. The lowest BCUT2D eigenvalue weighted by Crippen LogP contribution is -2.29. The minimum Gasteiger partial charge on any atom is -0.390 e. The SMILES string of the molecule is CCCSc1nc(N)c2nnn([C@@H]3C[C@H](O)C4OC(C)(C)O[C@H]43)c2n1. The van der Waals surface area contributed by atoms with Crippen LogP contribution >= 0.6 is 11.8 Å². The van der Waals surface area contributed by atoms with Gasteiger partial charge in [-0.15, -0.1) is 5.10 Å². The van der Waals surface area contributed by atoms with Crippen LogP contribution in [0.2, 0.25) is 0 Å². The van der Waals surface area contributed by atoms with Crippen LogP contribution in [0.1, 0.15) is 39.7 Å². The molecule has 1 aliphatic heterocycles. The van der Waals surface area contributed by atoms with E-state index in [1.165, 1.54) is 0 Å². The Hall–Kier alpha value is -1.49. The van der Waals surface area contributed by atoms with Crippen molar-refractivity contribution in [3.8, 4) is 0 Å². The Bertz CT molecular complexity index is 797. The molecule has 0 spiro atoms. The van der Waals surface area contributed by atoms with Gasteiger partial charge in [0.2, 0.25) is 0 Å². The number of nitrogens with zero attached hydrogens (tertiary/aromatic N) is 5. The largest absolute Gasteiger partial charge is 0.390 e. The van der Waals surface area contributed by atoms with Gasteiger partial charge in [-0.05, 0) is 20.3 Å². The van der Waals surface area contributed by atoms with Gasteiger partial charge in [-0.3, -0.25) is 0 Å². The zero-order valence-electron chi connectivity index (χ0n) is 14.4. The molecular formula is C15H22N6O3S. The second kappa shape index (κ2) is 6.04. The van der Waals surface area contributed by atoms with Crippen LogP contribution in [0.25, 0.3) is 11.2 Å². The number of aliphatic hydroxyl groups excluding tert-OH is 1. The van der Waals surface area contributed by atoms with Crippen molar-refractivity contribution in [2.24, 2.45) is 0 Å². The van der Waals surface area contributed by atoms with E-state index >= 15 is 0 Å². The zero-order chi connectivity index (χ0) is 17.8. The van der Waals surface area contributed by atoms with Crippen LogP contribution < -0.4 is 5.73 Å². The summed E-state index contributed by atoms with van der Waals surface area (Å²) in [6.07, 6.45) is 0.169. The van der Waals surface area contributed by atoms with E-state index in [2.05, 4.69) is 27.2 Å². The van der Waals surface area contributed by atoms with Crippen LogP contribution in [0, 0.1) is 0 Å². The smallest absolute Gasteiger partial charge is 0.191 e.